The number of aryl methyl sites for hydroxylation is 1. The fourth-order valence-electron chi connectivity index (χ4n) is 5.11. The number of ether oxygens (including phenoxy) is 4. The standard InChI is InChI=1S/C30H31FN2O6/c1-18-13-23(34)22(17-32-9-11-33(12-10-32)21-7-5-20(31)6-8-21)29-27(18)28(35)24(39-29)14-19-15-25(36-2)30(38-4)26(16-19)37-3/h5-8,13-16,34H,9-12,17H2,1-4H3/b24-14+. The first kappa shape index (κ1) is 26.4. The zero-order chi connectivity index (χ0) is 27.7. The van der Waals surface area contributed by atoms with Gasteiger partial charge in [0, 0.05) is 38.4 Å². The lowest BCUT2D eigenvalue weighted by Gasteiger charge is -2.36. The number of halogens is 1. The number of Topliss-reactive ketones (excluding diaryl/α,β-unsaturated/α-hetero) is 1. The number of benzene rings is 3. The number of ketones is 1. The highest BCUT2D eigenvalue weighted by Crippen LogP contribution is 2.44. The molecule has 3 aromatic rings. The number of hydrogen-bond acceptors (Lipinski definition) is 8. The molecule has 9 heteroatoms. The van der Waals surface area contributed by atoms with Gasteiger partial charge in [0.2, 0.25) is 11.5 Å². The zero-order valence-corrected chi connectivity index (χ0v) is 22.4. The molecule has 1 fully saturated rings. The number of carbonyl (C=O) groups excluding carboxylic acids is 1. The van der Waals surface area contributed by atoms with Crippen molar-refractivity contribution < 1.29 is 33.2 Å². The molecule has 1 N–H and O–H groups in total. The Morgan fingerprint density at radius 1 is 0.974 bits per heavy atom. The van der Waals surface area contributed by atoms with E-state index in [4.69, 9.17) is 18.9 Å². The van der Waals surface area contributed by atoms with Crippen LogP contribution in [0.2, 0.25) is 0 Å². The minimum absolute atomic E-state index is 0.0917. The predicted molar refractivity (Wildman–Crippen MR) is 146 cm³/mol. The second kappa shape index (κ2) is 10.9. The van der Waals surface area contributed by atoms with E-state index in [0.29, 0.717) is 51.8 Å². The molecule has 0 aliphatic carbocycles. The van der Waals surface area contributed by atoms with Gasteiger partial charge in [-0.05, 0) is 66.6 Å². The van der Waals surface area contributed by atoms with Crippen molar-refractivity contribution in [2.24, 2.45) is 0 Å². The molecule has 1 saturated heterocycles. The first-order valence-corrected chi connectivity index (χ1v) is 12.7. The Labute approximate surface area is 226 Å². The van der Waals surface area contributed by atoms with E-state index in [1.54, 1.807) is 43.3 Å². The van der Waals surface area contributed by atoms with E-state index in [0.717, 1.165) is 31.9 Å². The molecule has 39 heavy (non-hydrogen) atoms. The Kier molecular flexibility index (Phi) is 7.34. The lowest BCUT2D eigenvalue weighted by Crippen LogP contribution is -2.46. The molecule has 0 saturated carbocycles. The number of piperazine rings is 1. The number of methoxy groups -OCH3 is 3. The van der Waals surface area contributed by atoms with Gasteiger partial charge in [-0.3, -0.25) is 9.69 Å². The Hall–Kier alpha value is -4.24. The summed E-state index contributed by atoms with van der Waals surface area (Å²) < 4.78 is 35.7. The van der Waals surface area contributed by atoms with Crippen molar-refractivity contribution >= 4 is 17.5 Å². The number of hydrogen-bond donors (Lipinski definition) is 1. The maximum Gasteiger partial charge on any atom is 0.232 e. The van der Waals surface area contributed by atoms with E-state index in [-0.39, 0.29) is 23.1 Å². The summed E-state index contributed by atoms with van der Waals surface area (Å²) in [5.74, 6) is 1.49. The highest BCUT2D eigenvalue weighted by molar-refractivity contribution is 6.16. The number of phenolic OH excluding ortho intramolecular Hbond substituents is 1. The van der Waals surface area contributed by atoms with Crippen LogP contribution < -0.4 is 23.8 Å². The Bertz CT molecular complexity index is 1400. The normalized spacial score (nSPS) is 16.3. The Morgan fingerprint density at radius 3 is 2.21 bits per heavy atom. The molecule has 0 spiro atoms. The molecule has 2 aliphatic rings. The van der Waals surface area contributed by atoms with Crippen LogP contribution in [0.25, 0.3) is 6.08 Å². The van der Waals surface area contributed by atoms with Gasteiger partial charge in [0.25, 0.3) is 0 Å². The van der Waals surface area contributed by atoms with Crippen LogP contribution in [0.3, 0.4) is 0 Å². The van der Waals surface area contributed by atoms with Crippen LogP contribution >= 0.6 is 0 Å². The van der Waals surface area contributed by atoms with Gasteiger partial charge in [-0.1, -0.05) is 0 Å². The van der Waals surface area contributed by atoms with Gasteiger partial charge in [0.1, 0.15) is 17.3 Å². The first-order chi connectivity index (χ1) is 18.8. The lowest BCUT2D eigenvalue weighted by molar-refractivity contribution is 0.101. The van der Waals surface area contributed by atoms with Gasteiger partial charge >= 0.3 is 0 Å². The molecule has 0 unspecified atom stereocenters. The molecule has 2 aliphatic heterocycles. The van der Waals surface area contributed by atoms with E-state index >= 15 is 0 Å². The third-order valence-corrected chi connectivity index (χ3v) is 7.15. The quantitative estimate of drug-likeness (QED) is 0.433. The monoisotopic (exact) mass is 534 g/mol. The number of fused-ring (bicyclic) bond motifs is 1. The molecule has 2 heterocycles. The maximum atomic E-state index is 13.4. The van der Waals surface area contributed by atoms with Gasteiger partial charge < -0.3 is 29.0 Å². The SMILES string of the molecule is COc1cc(/C=C2/Oc3c(CN4CCN(c5ccc(F)cc5)CC4)c(O)cc(C)c3C2=O)cc(OC)c1OC. The Balaban J connectivity index is 1.39. The predicted octanol–water partition coefficient (Wildman–Crippen LogP) is 4.80. The third-order valence-electron chi connectivity index (χ3n) is 7.15. The number of nitrogens with zero attached hydrogens (tertiary/aromatic N) is 2. The van der Waals surface area contributed by atoms with E-state index < -0.39 is 0 Å². The second-order valence-corrected chi connectivity index (χ2v) is 9.53. The van der Waals surface area contributed by atoms with Crippen molar-refractivity contribution in [1.82, 2.24) is 4.90 Å². The number of rotatable bonds is 7. The van der Waals surface area contributed by atoms with Crippen LogP contribution in [-0.4, -0.2) is 63.3 Å². The van der Waals surface area contributed by atoms with Crippen molar-refractivity contribution in [2.45, 2.75) is 13.5 Å². The molecule has 0 aromatic heterocycles. The average Bonchev–Trinajstić information content (AvgIpc) is 3.27. The van der Waals surface area contributed by atoms with E-state index in [9.17, 15) is 14.3 Å². The number of aromatic hydroxyl groups is 1. The van der Waals surface area contributed by atoms with Gasteiger partial charge in [-0.2, -0.15) is 0 Å². The molecule has 3 aromatic carbocycles. The largest absolute Gasteiger partial charge is 0.507 e. The number of carbonyl (C=O) groups is 1. The Morgan fingerprint density at radius 2 is 1.62 bits per heavy atom. The molecular weight excluding hydrogens is 503 g/mol. The van der Waals surface area contributed by atoms with Crippen LogP contribution in [-0.2, 0) is 6.54 Å². The van der Waals surface area contributed by atoms with Crippen LogP contribution in [0, 0.1) is 12.7 Å². The van der Waals surface area contributed by atoms with Crippen LogP contribution in [0.5, 0.6) is 28.7 Å². The summed E-state index contributed by atoms with van der Waals surface area (Å²) in [6, 6.07) is 11.6. The van der Waals surface area contributed by atoms with Gasteiger partial charge in [-0.15, -0.1) is 0 Å². The van der Waals surface area contributed by atoms with Crippen molar-refractivity contribution in [3.8, 4) is 28.7 Å². The van der Waals surface area contributed by atoms with Gasteiger partial charge in [-0.25, -0.2) is 4.39 Å². The zero-order valence-electron chi connectivity index (χ0n) is 22.4. The third kappa shape index (κ3) is 5.09. The molecule has 0 radical (unpaired) electrons. The highest BCUT2D eigenvalue weighted by Gasteiger charge is 2.34. The number of phenols is 1. The summed E-state index contributed by atoms with van der Waals surface area (Å²) in [7, 11) is 4.58. The molecule has 0 atom stereocenters. The lowest BCUT2D eigenvalue weighted by atomic mass is 9.99. The van der Waals surface area contributed by atoms with Crippen molar-refractivity contribution in [2.75, 3.05) is 52.4 Å². The topological polar surface area (TPSA) is 80.7 Å². The number of allylic oxidation sites excluding steroid dienone is 1. The molecule has 0 amide bonds. The highest BCUT2D eigenvalue weighted by atomic mass is 19.1. The maximum absolute atomic E-state index is 13.4. The summed E-state index contributed by atoms with van der Waals surface area (Å²) >= 11 is 0. The van der Waals surface area contributed by atoms with Crippen LogP contribution in [0.15, 0.2) is 48.2 Å². The van der Waals surface area contributed by atoms with Crippen molar-refractivity contribution in [3.05, 3.63) is 76.3 Å². The molecule has 204 valence electrons. The molecule has 0 bridgehead atoms. The summed E-state index contributed by atoms with van der Waals surface area (Å²) in [6.45, 7) is 5.20. The molecule has 5 rings (SSSR count). The summed E-state index contributed by atoms with van der Waals surface area (Å²) in [6.07, 6.45) is 1.63. The van der Waals surface area contributed by atoms with Gasteiger partial charge in [0.15, 0.2) is 17.3 Å². The van der Waals surface area contributed by atoms with E-state index in [2.05, 4.69) is 9.80 Å². The molecule has 8 nitrogen and oxygen atoms in total. The van der Waals surface area contributed by atoms with Gasteiger partial charge in [0.05, 0.1) is 32.5 Å². The molecular formula is C30H31FN2O6. The van der Waals surface area contributed by atoms with E-state index in [1.807, 2.05) is 0 Å². The fraction of sp³-hybridized carbons (Fsp3) is 0.300. The van der Waals surface area contributed by atoms with Crippen LogP contribution in [0.1, 0.15) is 27.0 Å². The first-order valence-electron chi connectivity index (χ1n) is 12.7. The number of anilines is 1. The summed E-state index contributed by atoms with van der Waals surface area (Å²) in [5.41, 5.74) is 3.29. The van der Waals surface area contributed by atoms with E-state index in [1.165, 1.54) is 33.5 Å². The minimum atomic E-state index is -0.255. The smallest absolute Gasteiger partial charge is 0.232 e. The van der Waals surface area contributed by atoms with Crippen molar-refractivity contribution in [3.63, 3.8) is 0 Å². The summed E-state index contributed by atoms with van der Waals surface area (Å²) in [5, 5.41) is 10.9. The average molecular weight is 535 g/mol. The van der Waals surface area contributed by atoms with Crippen molar-refractivity contribution in [1.29, 1.82) is 0 Å². The summed E-state index contributed by atoms with van der Waals surface area (Å²) in [4.78, 5) is 17.8. The fourth-order valence-corrected chi connectivity index (χ4v) is 5.11. The van der Waals surface area contributed by atoms with Crippen LogP contribution in [0.4, 0.5) is 10.1 Å². The second-order valence-electron chi connectivity index (χ2n) is 9.53. The minimum Gasteiger partial charge on any atom is -0.507 e.